The van der Waals surface area contributed by atoms with Crippen LogP contribution in [-0.4, -0.2) is 10.9 Å². The van der Waals surface area contributed by atoms with E-state index in [1.807, 2.05) is 42.5 Å². The highest BCUT2D eigenvalue weighted by Gasteiger charge is 2.09. The van der Waals surface area contributed by atoms with Gasteiger partial charge in [-0.2, -0.15) is 5.26 Å². The van der Waals surface area contributed by atoms with Gasteiger partial charge in [-0.15, -0.1) is 0 Å². The van der Waals surface area contributed by atoms with Gasteiger partial charge in [-0.05, 0) is 47.9 Å². The molecule has 0 saturated carbocycles. The molecule has 3 rings (SSSR count). The number of pyridine rings is 1. The van der Waals surface area contributed by atoms with Crippen LogP contribution in [0.15, 0.2) is 66.9 Å². The fraction of sp³-hybridized carbons (Fsp3) is 0.136. The lowest BCUT2D eigenvalue weighted by molar-refractivity contribution is 0.102. The van der Waals surface area contributed by atoms with Gasteiger partial charge in [0.15, 0.2) is 0 Å². The minimum Gasteiger partial charge on any atom is -0.353 e. The molecule has 0 fully saturated rings. The topological polar surface area (TPSA) is 77.8 Å². The van der Waals surface area contributed by atoms with Crippen LogP contribution in [0.2, 0.25) is 0 Å². The Morgan fingerprint density at radius 3 is 2.33 bits per heavy atom. The van der Waals surface area contributed by atoms with Gasteiger partial charge in [-0.1, -0.05) is 38.1 Å². The van der Waals surface area contributed by atoms with E-state index >= 15 is 0 Å². The Bertz CT molecular complexity index is 970. The van der Waals surface area contributed by atoms with Crippen LogP contribution in [0.1, 0.15) is 41.4 Å². The van der Waals surface area contributed by atoms with Crippen molar-refractivity contribution in [1.82, 2.24) is 4.98 Å². The highest BCUT2D eigenvalue weighted by molar-refractivity contribution is 6.03. The van der Waals surface area contributed by atoms with Gasteiger partial charge in [-0.3, -0.25) is 4.79 Å². The van der Waals surface area contributed by atoms with Crippen LogP contribution in [0.4, 0.5) is 17.1 Å². The van der Waals surface area contributed by atoms with Crippen LogP contribution in [0, 0.1) is 11.3 Å². The Labute approximate surface area is 158 Å². The molecule has 0 radical (unpaired) electrons. The van der Waals surface area contributed by atoms with Crippen LogP contribution in [0.3, 0.4) is 0 Å². The lowest BCUT2D eigenvalue weighted by Gasteiger charge is -2.10. The van der Waals surface area contributed by atoms with Gasteiger partial charge in [-0.25, -0.2) is 4.98 Å². The van der Waals surface area contributed by atoms with E-state index in [4.69, 9.17) is 5.26 Å². The molecule has 0 saturated heterocycles. The minimum absolute atomic E-state index is 0.267. The van der Waals surface area contributed by atoms with E-state index in [0.29, 0.717) is 28.6 Å². The van der Waals surface area contributed by atoms with Gasteiger partial charge >= 0.3 is 0 Å². The Hall–Kier alpha value is -3.65. The van der Waals surface area contributed by atoms with E-state index < -0.39 is 0 Å². The van der Waals surface area contributed by atoms with E-state index in [1.54, 1.807) is 24.4 Å². The second kappa shape index (κ2) is 8.15. The third-order valence-corrected chi connectivity index (χ3v) is 4.16. The van der Waals surface area contributed by atoms with Crippen molar-refractivity contribution in [2.75, 3.05) is 10.6 Å². The maximum Gasteiger partial charge on any atom is 0.274 e. The third-order valence-electron chi connectivity index (χ3n) is 4.16. The highest BCUT2D eigenvalue weighted by Crippen LogP contribution is 2.20. The molecule has 2 N–H and O–H groups in total. The average molecular weight is 356 g/mol. The molecule has 1 amide bonds. The number of nitrogens with one attached hydrogen (secondary N) is 2. The average Bonchev–Trinajstić information content (AvgIpc) is 2.69. The van der Waals surface area contributed by atoms with E-state index in [0.717, 1.165) is 5.69 Å². The molecule has 2 aromatic carbocycles. The van der Waals surface area contributed by atoms with Crippen molar-refractivity contribution >= 4 is 23.0 Å². The number of rotatable bonds is 5. The molecule has 1 heterocycles. The molecular formula is C22H20N4O. The number of amides is 1. The Morgan fingerprint density at radius 1 is 1.00 bits per heavy atom. The van der Waals surface area contributed by atoms with Gasteiger partial charge in [0, 0.05) is 5.69 Å². The van der Waals surface area contributed by atoms with Gasteiger partial charge < -0.3 is 10.6 Å². The monoisotopic (exact) mass is 356 g/mol. The number of nitrogens with zero attached hydrogens (tertiary/aromatic N) is 2. The quantitative estimate of drug-likeness (QED) is 0.669. The number of para-hydroxylation sites is 1. The summed E-state index contributed by atoms with van der Waals surface area (Å²) in [5.74, 6) is 0.180. The molecule has 3 aromatic rings. The molecule has 134 valence electrons. The van der Waals surface area contributed by atoms with Crippen molar-refractivity contribution in [3.05, 3.63) is 83.7 Å². The van der Waals surface area contributed by atoms with Gasteiger partial charge in [0.1, 0.15) is 11.8 Å². The number of hydrogen-bond acceptors (Lipinski definition) is 4. The van der Waals surface area contributed by atoms with Crippen LogP contribution in [-0.2, 0) is 0 Å². The highest BCUT2D eigenvalue weighted by atomic mass is 16.1. The lowest BCUT2D eigenvalue weighted by Crippen LogP contribution is -2.13. The summed E-state index contributed by atoms with van der Waals surface area (Å²) in [5, 5.41) is 15.1. The van der Waals surface area contributed by atoms with Crippen molar-refractivity contribution in [3.8, 4) is 6.07 Å². The van der Waals surface area contributed by atoms with Crippen molar-refractivity contribution in [1.29, 1.82) is 5.26 Å². The van der Waals surface area contributed by atoms with Gasteiger partial charge in [0.05, 0.1) is 23.1 Å². The molecule has 0 bridgehead atoms. The zero-order valence-corrected chi connectivity index (χ0v) is 15.2. The molecule has 0 aliphatic rings. The number of nitriles is 1. The van der Waals surface area contributed by atoms with E-state index in [2.05, 4.69) is 35.5 Å². The van der Waals surface area contributed by atoms with Crippen molar-refractivity contribution < 1.29 is 4.79 Å². The second-order valence-corrected chi connectivity index (χ2v) is 6.45. The smallest absolute Gasteiger partial charge is 0.274 e. The summed E-state index contributed by atoms with van der Waals surface area (Å²) in [6.07, 6.45) is 1.57. The zero-order chi connectivity index (χ0) is 19.2. The molecule has 5 heteroatoms. The third kappa shape index (κ3) is 4.50. The zero-order valence-electron chi connectivity index (χ0n) is 15.2. The Balaban J connectivity index is 1.67. The normalized spacial score (nSPS) is 10.3. The van der Waals surface area contributed by atoms with Gasteiger partial charge in [0.2, 0.25) is 0 Å². The van der Waals surface area contributed by atoms with Crippen LogP contribution in [0.25, 0.3) is 0 Å². The fourth-order valence-electron chi connectivity index (χ4n) is 2.59. The maximum atomic E-state index is 12.4. The summed E-state index contributed by atoms with van der Waals surface area (Å²) in [6.45, 7) is 4.25. The van der Waals surface area contributed by atoms with Crippen molar-refractivity contribution in [2.24, 2.45) is 0 Å². The summed E-state index contributed by atoms with van der Waals surface area (Å²) >= 11 is 0. The molecule has 0 aliphatic heterocycles. The fourth-order valence-corrected chi connectivity index (χ4v) is 2.59. The second-order valence-electron chi connectivity index (χ2n) is 6.45. The summed E-state index contributed by atoms with van der Waals surface area (Å²) in [6, 6.07) is 20.6. The predicted octanol–water partition coefficient (Wildman–Crippen LogP) is 5.07. The molecule has 5 nitrogen and oxygen atoms in total. The maximum absolute atomic E-state index is 12.4. The molecular weight excluding hydrogens is 336 g/mol. The summed E-state index contributed by atoms with van der Waals surface area (Å²) in [4.78, 5) is 16.6. The summed E-state index contributed by atoms with van der Waals surface area (Å²) < 4.78 is 0. The number of benzene rings is 2. The van der Waals surface area contributed by atoms with Crippen molar-refractivity contribution in [2.45, 2.75) is 19.8 Å². The molecule has 0 spiro atoms. The minimum atomic E-state index is -0.267. The SMILES string of the molecule is CC(C)c1ccc(NC(=O)c2ccc(Nc3ccccc3C#N)cn2)cc1. The number of carbonyl (C=O) groups is 1. The van der Waals surface area contributed by atoms with Crippen LogP contribution in [0.5, 0.6) is 0 Å². The van der Waals surface area contributed by atoms with E-state index in [9.17, 15) is 4.79 Å². The number of aromatic nitrogens is 1. The predicted molar refractivity (Wildman–Crippen MR) is 107 cm³/mol. The first-order valence-electron chi connectivity index (χ1n) is 8.70. The van der Waals surface area contributed by atoms with Crippen molar-refractivity contribution in [3.63, 3.8) is 0 Å². The van der Waals surface area contributed by atoms with Gasteiger partial charge in [0.25, 0.3) is 5.91 Å². The molecule has 0 unspecified atom stereocenters. The Kier molecular flexibility index (Phi) is 5.48. The molecule has 0 aliphatic carbocycles. The molecule has 27 heavy (non-hydrogen) atoms. The standard InChI is InChI=1S/C22H20N4O/c1-15(2)16-7-9-18(10-8-16)26-22(27)21-12-11-19(14-24-21)25-20-6-4-3-5-17(20)13-23/h3-12,14-15,25H,1-2H3,(H,26,27). The summed E-state index contributed by atoms with van der Waals surface area (Å²) in [7, 11) is 0. The van der Waals surface area contributed by atoms with Crippen LogP contribution < -0.4 is 10.6 Å². The number of anilines is 3. The van der Waals surface area contributed by atoms with E-state index in [1.165, 1.54) is 5.56 Å². The van der Waals surface area contributed by atoms with E-state index in [-0.39, 0.29) is 5.91 Å². The molecule has 0 atom stereocenters. The first-order valence-corrected chi connectivity index (χ1v) is 8.70. The largest absolute Gasteiger partial charge is 0.353 e. The van der Waals surface area contributed by atoms with Crippen LogP contribution >= 0.6 is 0 Å². The molecule has 1 aromatic heterocycles. The Morgan fingerprint density at radius 2 is 1.70 bits per heavy atom. The first-order chi connectivity index (χ1) is 13.1. The number of carbonyl (C=O) groups excluding carboxylic acids is 1. The summed E-state index contributed by atoms with van der Waals surface area (Å²) in [5.41, 5.74) is 4.22. The number of hydrogen-bond donors (Lipinski definition) is 2. The lowest BCUT2D eigenvalue weighted by atomic mass is 10.0. The first kappa shape index (κ1) is 18.2.